The fourth-order valence-corrected chi connectivity index (χ4v) is 0.919. The van der Waals surface area contributed by atoms with Gasteiger partial charge in [0.2, 0.25) is 0 Å². The number of carbonyl (C=O) groups excluding carboxylic acids is 1. The van der Waals surface area contributed by atoms with Gasteiger partial charge in [-0.25, -0.2) is 0 Å². The molecule has 1 aliphatic rings. The Labute approximate surface area is 58.7 Å². The topological polar surface area (TPSA) is 55.8 Å². The van der Waals surface area contributed by atoms with Crippen LogP contribution in [0.3, 0.4) is 0 Å². The van der Waals surface area contributed by atoms with Gasteiger partial charge in [-0.05, 0) is 0 Å². The van der Waals surface area contributed by atoms with E-state index >= 15 is 0 Å². The average molecular weight is 146 g/mol. The van der Waals surface area contributed by atoms with E-state index in [2.05, 4.69) is 4.74 Å². The van der Waals surface area contributed by atoms with E-state index in [0.29, 0.717) is 0 Å². The first-order valence-electron chi connectivity index (χ1n) is 3.09. The highest BCUT2D eigenvalue weighted by molar-refractivity contribution is 5.73. The molecule has 0 saturated carbocycles. The lowest BCUT2D eigenvalue weighted by molar-refractivity contribution is -0.147. The Morgan fingerprint density at radius 2 is 2.40 bits per heavy atom. The number of rotatable bonds is 1. The molecule has 0 aliphatic carbocycles. The van der Waals surface area contributed by atoms with Crippen LogP contribution in [0.4, 0.5) is 0 Å². The van der Waals surface area contributed by atoms with Gasteiger partial charge in [-0.3, -0.25) is 4.79 Å². The van der Waals surface area contributed by atoms with Gasteiger partial charge in [0, 0.05) is 0 Å². The van der Waals surface area contributed by atoms with Crippen molar-refractivity contribution in [3.05, 3.63) is 0 Å². The molecule has 0 aromatic rings. The third-order valence-electron chi connectivity index (χ3n) is 1.55. The second-order valence-electron chi connectivity index (χ2n) is 2.23. The number of esters is 1. The summed E-state index contributed by atoms with van der Waals surface area (Å²) in [5.41, 5.74) is 0. The number of hydrogen-bond donors (Lipinski definition) is 1. The molecule has 4 heteroatoms. The lowest BCUT2D eigenvalue weighted by Gasteiger charge is -2.07. The van der Waals surface area contributed by atoms with Crippen LogP contribution in [0, 0.1) is 5.92 Å². The molecule has 1 N–H and O–H groups in total. The molecular formula is C6H10O4. The van der Waals surface area contributed by atoms with Crippen LogP contribution < -0.4 is 0 Å². The second kappa shape index (κ2) is 2.98. The maximum absolute atomic E-state index is 10.8. The Morgan fingerprint density at radius 3 is 2.80 bits per heavy atom. The molecule has 2 unspecified atom stereocenters. The Morgan fingerprint density at radius 1 is 1.70 bits per heavy atom. The molecule has 10 heavy (non-hydrogen) atoms. The van der Waals surface area contributed by atoms with Crippen molar-refractivity contribution in [2.75, 3.05) is 20.3 Å². The molecule has 0 bridgehead atoms. The van der Waals surface area contributed by atoms with Crippen LogP contribution in [0.5, 0.6) is 0 Å². The predicted octanol–water partition coefficient (Wildman–Crippen LogP) is -0.833. The van der Waals surface area contributed by atoms with E-state index in [1.807, 2.05) is 0 Å². The van der Waals surface area contributed by atoms with E-state index < -0.39 is 18.0 Å². The van der Waals surface area contributed by atoms with Crippen molar-refractivity contribution in [3.8, 4) is 0 Å². The van der Waals surface area contributed by atoms with E-state index in [0.717, 1.165) is 0 Å². The van der Waals surface area contributed by atoms with Crippen LogP contribution in [0.15, 0.2) is 0 Å². The normalized spacial score (nSPS) is 32.2. The number of ether oxygens (including phenoxy) is 2. The van der Waals surface area contributed by atoms with Gasteiger partial charge in [0.15, 0.2) is 0 Å². The zero-order valence-corrected chi connectivity index (χ0v) is 5.74. The van der Waals surface area contributed by atoms with Gasteiger partial charge < -0.3 is 14.6 Å². The first-order valence-corrected chi connectivity index (χ1v) is 3.09. The molecule has 1 aliphatic heterocycles. The summed E-state index contributed by atoms with van der Waals surface area (Å²) in [6, 6.07) is 0. The van der Waals surface area contributed by atoms with Crippen LogP contribution in [-0.2, 0) is 14.3 Å². The highest BCUT2D eigenvalue weighted by Gasteiger charge is 2.33. The van der Waals surface area contributed by atoms with Crippen LogP contribution >= 0.6 is 0 Å². The lowest BCUT2D eigenvalue weighted by atomic mass is 10.1. The van der Waals surface area contributed by atoms with Crippen molar-refractivity contribution in [1.29, 1.82) is 0 Å². The van der Waals surface area contributed by atoms with E-state index in [9.17, 15) is 4.79 Å². The monoisotopic (exact) mass is 146 g/mol. The van der Waals surface area contributed by atoms with Crippen molar-refractivity contribution in [3.63, 3.8) is 0 Å². The summed E-state index contributed by atoms with van der Waals surface area (Å²) < 4.78 is 9.27. The number of hydrogen-bond acceptors (Lipinski definition) is 4. The summed E-state index contributed by atoms with van der Waals surface area (Å²) in [5.74, 6) is -0.880. The van der Waals surface area contributed by atoms with Gasteiger partial charge in [0.1, 0.15) is 5.92 Å². The Kier molecular flexibility index (Phi) is 2.24. The minimum atomic E-state index is -0.688. The van der Waals surface area contributed by atoms with E-state index in [1.165, 1.54) is 7.11 Å². The summed E-state index contributed by atoms with van der Waals surface area (Å²) in [4.78, 5) is 10.8. The van der Waals surface area contributed by atoms with Crippen LogP contribution in [0.1, 0.15) is 0 Å². The van der Waals surface area contributed by atoms with E-state index in [-0.39, 0.29) is 13.2 Å². The molecule has 2 atom stereocenters. The molecule has 58 valence electrons. The fourth-order valence-electron chi connectivity index (χ4n) is 0.919. The largest absolute Gasteiger partial charge is 0.469 e. The highest BCUT2D eigenvalue weighted by atomic mass is 16.5. The van der Waals surface area contributed by atoms with Gasteiger partial charge in [0.05, 0.1) is 26.4 Å². The average Bonchev–Trinajstić information content (AvgIpc) is 2.34. The summed E-state index contributed by atoms with van der Waals surface area (Å²) in [5, 5.41) is 9.06. The zero-order valence-electron chi connectivity index (χ0n) is 5.74. The van der Waals surface area contributed by atoms with Gasteiger partial charge in [-0.2, -0.15) is 0 Å². The van der Waals surface area contributed by atoms with Crippen molar-refractivity contribution >= 4 is 5.97 Å². The van der Waals surface area contributed by atoms with Crippen LogP contribution in [0.25, 0.3) is 0 Å². The maximum atomic E-state index is 10.8. The highest BCUT2D eigenvalue weighted by Crippen LogP contribution is 2.14. The molecule has 0 amide bonds. The van der Waals surface area contributed by atoms with Crippen molar-refractivity contribution in [2.24, 2.45) is 5.92 Å². The van der Waals surface area contributed by atoms with Crippen molar-refractivity contribution in [2.45, 2.75) is 6.10 Å². The van der Waals surface area contributed by atoms with Gasteiger partial charge in [0.25, 0.3) is 0 Å². The van der Waals surface area contributed by atoms with Crippen LogP contribution in [-0.4, -0.2) is 37.5 Å². The number of carbonyl (C=O) groups is 1. The minimum Gasteiger partial charge on any atom is -0.469 e. The van der Waals surface area contributed by atoms with E-state index in [1.54, 1.807) is 0 Å². The summed E-state index contributed by atoms with van der Waals surface area (Å²) in [6.45, 7) is 0.508. The van der Waals surface area contributed by atoms with Crippen molar-refractivity contribution in [1.82, 2.24) is 0 Å². The number of methoxy groups -OCH3 is 1. The molecule has 1 heterocycles. The molecule has 0 aromatic carbocycles. The van der Waals surface area contributed by atoms with Crippen LogP contribution in [0.2, 0.25) is 0 Å². The third-order valence-corrected chi connectivity index (χ3v) is 1.55. The fraction of sp³-hybridized carbons (Fsp3) is 0.833. The molecule has 1 rings (SSSR count). The summed E-state index contributed by atoms with van der Waals surface area (Å²) in [6.07, 6.45) is -0.688. The molecule has 1 saturated heterocycles. The predicted molar refractivity (Wildman–Crippen MR) is 32.3 cm³/mol. The standard InChI is InChI=1S/C6H10O4/c1-9-6(8)4-2-10-3-5(4)7/h4-5,7H,2-3H2,1H3. The lowest BCUT2D eigenvalue weighted by Crippen LogP contribution is -2.27. The SMILES string of the molecule is COC(=O)C1COCC1O. The zero-order chi connectivity index (χ0) is 7.56. The summed E-state index contributed by atoms with van der Waals surface area (Å²) in [7, 11) is 1.30. The smallest absolute Gasteiger partial charge is 0.313 e. The quantitative estimate of drug-likeness (QED) is 0.490. The van der Waals surface area contributed by atoms with Gasteiger partial charge >= 0.3 is 5.97 Å². The van der Waals surface area contributed by atoms with Gasteiger partial charge in [-0.15, -0.1) is 0 Å². The van der Waals surface area contributed by atoms with Crippen molar-refractivity contribution < 1.29 is 19.4 Å². The van der Waals surface area contributed by atoms with Gasteiger partial charge in [-0.1, -0.05) is 0 Å². The third kappa shape index (κ3) is 1.27. The van der Waals surface area contributed by atoms with E-state index in [4.69, 9.17) is 9.84 Å². The first kappa shape index (κ1) is 7.50. The number of aliphatic hydroxyl groups is 1. The molecule has 0 aromatic heterocycles. The molecular weight excluding hydrogens is 136 g/mol. The molecule has 0 radical (unpaired) electrons. The Balaban J connectivity index is 2.46. The molecule has 1 fully saturated rings. The second-order valence-corrected chi connectivity index (χ2v) is 2.23. The Bertz CT molecular complexity index is 134. The maximum Gasteiger partial charge on any atom is 0.313 e. The molecule has 4 nitrogen and oxygen atoms in total. The first-order chi connectivity index (χ1) is 4.75. The minimum absolute atomic E-state index is 0.236. The summed E-state index contributed by atoms with van der Waals surface area (Å²) >= 11 is 0. The molecule has 0 spiro atoms. The number of aliphatic hydroxyl groups excluding tert-OH is 1. The Hall–Kier alpha value is -0.610.